The molecule has 0 aliphatic rings. The average molecular weight is 366 g/mol. The van der Waals surface area contributed by atoms with Crippen LogP contribution in [0.1, 0.15) is 5.56 Å². The van der Waals surface area contributed by atoms with Crippen LogP contribution in [0.2, 0.25) is 0 Å². The van der Waals surface area contributed by atoms with E-state index in [1.165, 1.54) is 15.9 Å². The van der Waals surface area contributed by atoms with Crippen molar-refractivity contribution in [3.8, 4) is 0 Å². The number of carbonyl (C=O) groups is 1. The third-order valence-electron chi connectivity index (χ3n) is 4.00. The Morgan fingerprint density at radius 3 is 2.88 bits per heavy atom. The Labute approximate surface area is 150 Å². The van der Waals surface area contributed by atoms with Crippen molar-refractivity contribution in [2.45, 2.75) is 13.5 Å². The van der Waals surface area contributed by atoms with Gasteiger partial charge < -0.3 is 5.32 Å². The van der Waals surface area contributed by atoms with Crippen molar-refractivity contribution in [1.82, 2.24) is 14.5 Å². The number of benzene rings is 2. The van der Waals surface area contributed by atoms with Crippen molar-refractivity contribution in [2.24, 2.45) is 0 Å². The van der Waals surface area contributed by atoms with Crippen LogP contribution in [0, 0.1) is 6.92 Å². The van der Waals surface area contributed by atoms with Crippen LogP contribution in [0.15, 0.2) is 52.1 Å². The number of carbonyl (C=O) groups excluding carboxylic acids is 1. The molecule has 130 valence electrons. The molecular weight excluding hydrogens is 352 g/mol. The number of hydrogen-bond acceptors (Lipinski definition) is 5. The van der Waals surface area contributed by atoms with Gasteiger partial charge in [0.2, 0.25) is 5.91 Å². The minimum absolute atomic E-state index is 0.217. The van der Waals surface area contributed by atoms with Gasteiger partial charge in [-0.1, -0.05) is 29.5 Å². The summed E-state index contributed by atoms with van der Waals surface area (Å²) in [4.78, 5) is 43.0. The first kappa shape index (κ1) is 16.2. The van der Waals surface area contributed by atoms with Gasteiger partial charge in [0.1, 0.15) is 6.54 Å². The zero-order valence-electron chi connectivity index (χ0n) is 13.8. The monoisotopic (exact) mass is 366 g/mol. The Balaban J connectivity index is 1.65. The standard InChI is InChI=1S/C18H14N4O3S/c1-10-6-7-12-14(8-10)26-17(19-12)20-15(23)9-22-13-5-3-2-4-11(13)16(24)21-18(22)25/h2-8H,9H2,1H3,(H,19,20,23)(H,21,24,25). The van der Waals surface area contributed by atoms with Gasteiger partial charge in [0.15, 0.2) is 5.13 Å². The van der Waals surface area contributed by atoms with E-state index in [4.69, 9.17) is 0 Å². The summed E-state index contributed by atoms with van der Waals surface area (Å²) in [6.45, 7) is 1.77. The number of hydrogen-bond donors (Lipinski definition) is 2. The SMILES string of the molecule is Cc1ccc2nc(NC(=O)Cn3c(=O)[nH]c(=O)c4ccccc43)sc2c1. The summed E-state index contributed by atoms with van der Waals surface area (Å²) in [5.74, 6) is -0.389. The highest BCUT2D eigenvalue weighted by molar-refractivity contribution is 7.22. The van der Waals surface area contributed by atoms with Crippen LogP contribution in [0.3, 0.4) is 0 Å². The maximum Gasteiger partial charge on any atom is 0.329 e. The molecule has 0 radical (unpaired) electrons. The van der Waals surface area contributed by atoms with Crippen LogP contribution < -0.4 is 16.6 Å². The van der Waals surface area contributed by atoms with E-state index in [2.05, 4.69) is 15.3 Å². The van der Waals surface area contributed by atoms with E-state index < -0.39 is 11.2 Å². The molecule has 2 aromatic heterocycles. The van der Waals surface area contributed by atoms with Gasteiger partial charge in [0, 0.05) is 0 Å². The van der Waals surface area contributed by atoms with Crippen LogP contribution in [0.25, 0.3) is 21.1 Å². The predicted octanol–water partition coefficient (Wildman–Crippen LogP) is 2.25. The molecule has 0 spiro atoms. The number of nitrogens with zero attached hydrogens (tertiary/aromatic N) is 2. The number of anilines is 1. The summed E-state index contributed by atoms with van der Waals surface area (Å²) in [7, 11) is 0. The maximum absolute atomic E-state index is 12.4. The number of nitrogens with one attached hydrogen (secondary N) is 2. The number of rotatable bonds is 3. The summed E-state index contributed by atoms with van der Waals surface area (Å²) in [5.41, 5.74) is 1.25. The fraction of sp³-hybridized carbons (Fsp3) is 0.111. The van der Waals surface area contributed by atoms with Crippen molar-refractivity contribution in [3.05, 3.63) is 68.9 Å². The molecule has 4 aromatic rings. The summed E-state index contributed by atoms with van der Waals surface area (Å²) in [6, 6.07) is 12.5. The third kappa shape index (κ3) is 2.91. The van der Waals surface area contributed by atoms with Crippen molar-refractivity contribution in [2.75, 3.05) is 5.32 Å². The van der Waals surface area contributed by atoms with Crippen molar-refractivity contribution in [1.29, 1.82) is 0 Å². The number of aromatic amines is 1. The average Bonchev–Trinajstić information content (AvgIpc) is 2.99. The molecule has 0 aliphatic carbocycles. The summed E-state index contributed by atoms with van der Waals surface area (Å²) >= 11 is 1.37. The molecule has 26 heavy (non-hydrogen) atoms. The van der Waals surface area contributed by atoms with Gasteiger partial charge in [0.05, 0.1) is 21.1 Å². The molecule has 2 N–H and O–H groups in total. The van der Waals surface area contributed by atoms with E-state index in [-0.39, 0.29) is 12.5 Å². The lowest BCUT2D eigenvalue weighted by atomic mass is 10.2. The van der Waals surface area contributed by atoms with E-state index in [1.54, 1.807) is 24.3 Å². The summed E-state index contributed by atoms with van der Waals surface area (Å²) in [6.07, 6.45) is 0. The lowest BCUT2D eigenvalue weighted by Crippen LogP contribution is -2.33. The van der Waals surface area contributed by atoms with Crippen LogP contribution in [-0.4, -0.2) is 20.4 Å². The number of H-pyrrole nitrogens is 1. The van der Waals surface area contributed by atoms with Crippen molar-refractivity contribution in [3.63, 3.8) is 0 Å². The second-order valence-corrected chi connectivity index (χ2v) is 6.93. The number of thiazole rings is 1. The Kier molecular flexibility index (Phi) is 3.89. The van der Waals surface area contributed by atoms with Gasteiger partial charge in [0.25, 0.3) is 5.56 Å². The first-order chi connectivity index (χ1) is 12.5. The highest BCUT2D eigenvalue weighted by Crippen LogP contribution is 2.26. The lowest BCUT2D eigenvalue weighted by Gasteiger charge is -2.08. The first-order valence-corrected chi connectivity index (χ1v) is 8.72. The smallest absolute Gasteiger partial charge is 0.300 e. The molecule has 0 fully saturated rings. The van der Waals surface area contributed by atoms with Crippen LogP contribution >= 0.6 is 11.3 Å². The normalized spacial score (nSPS) is 11.1. The Bertz CT molecular complexity index is 1270. The van der Waals surface area contributed by atoms with E-state index in [0.29, 0.717) is 16.0 Å². The van der Waals surface area contributed by atoms with Gasteiger partial charge in [-0.05, 0) is 36.8 Å². The van der Waals surface area contributed by atoms with Crippen molar-refractivity contribution >= 4 is 43.5 Å². The number of aryl methyl sites for hydroxylation is 1. The summed E-state index contributed by atoms with van der Waals surface area (Å²) < 4.78 is 2.22. The van der Waals surface area contributed by atoms with Gasteiger partial charge in [-0.15, -0.1) is 0 Å². The number of para-hydroxylation sites is 1. The fourth-order valence-corrected chi connectivity index (χ4v) is 3.77. The molecule has 2 aromatic carbocycles. The van der Waals surface area contributed by atoms with E-state index >= 15 is 0 Å². The molecular formula is C18H14N4O3S. The Hall–Kier alpha value is -3.26. The Morgan fingerprint density at radius 1 is 1.23 bits per heavy atom. The molecule has 4 rings (SSSR count). The van der Waals surface area contributed by atoms with Gasteiger partial charge in [-0.25, -0.2) is 9.78 Å². The van der Waals surface area contributed by atoms with Gasteiger partial charge in [-0.2, -0.15) is 0 Å². The zero-order chi connectivity index (χ0) is 18.3. The van der Waals surface area contributed by atoms with Crippen LogP contribution in [0.4, 0.5) is 5.13 Å². The molecule has 0 saturated heterocycles. The topological polar surface area (TPSA) is 96.8 Å². The minimum Gasteiger partial charge on any atom is -0.300 e. The second-order valence-electron chi connectivity index (χ2n) is 5.90. The molecule has 1 amide bonds. The first-order valence-electron chi connectivity index (χ1n) is 7.90. The number of aromatic nitrogens is 3. The van der Waals surface area contributed by atoms with Crippen LogP contribution in [-0.2, 0) is 11.3 Å². The quantitative estimate of drug-likeness (QED) is 0.581. The third-order valence-corrected chi connectivity index (χ3v) is 4.93. The minimum atomic E-state index is -0.622. The van der Waals surface area contributed by atoms with E-state index in [9.17, 15) is 14.4 Å². The Morgan fingerprint density at radius 2 is 2.04 bits per heavy atom. The molecule has 7 nitrogen and oxygen atoms in total. The number of fused-ring (bicyclic) bond motifs is 2. The van der Waals surface area contributed by atoms with Gasteiger partial charge in [-0.3, -0.25) is 19.1 Å². The van der Waals surface area contributed by atoms with Crippen molar-refractivity contribution < 1.29 is 4.79 Å². The molecule has 2 heterocycles. The van der Waals surface area contributed by atoms with E-state index in [1.807, 2.05) is 25.1 Å². The van der Waals surface area contributed by atoms with E-state index in [0.717, 1.165) is 15.8 Å². The molecule has 0 bridgehead atoms. The highest BCUT2D eigenvalue weighted by atomic mass is 32.1. The summed E-state index contributed by atoms with van der Waals surface area (Å²) in [5, 5.41) is 3.55. The van der Waals surface area contributed by atoms with Crippen LogP contribution in [0.5, 0.6) is 0 Å². The largest absolute Gasteiger partial charge is 0.329 e. The molecule has 0 atom stereocenters. The molecule has 0 saturated carbocycles. The fourth-order valence-electron chi connectivity index (χ4n) is 2.79. The molecule has 0 aliphatic heterocycles. The number of amides is 1. The van der Waals surface area contributed by atoms with Gasteiger partial charge >= 0.3 is 5.69 Å². The lowest BCUT2D eigenvalue weighted by molar-refractivity contribution is -0.116. The molecule has 0 unspecified atom stereocenters. The maximum atomic E-state index is 12.4. The zero-order valence-corrected chi connectivity index (χ0v) is 14.6. The predicted molar refractivity (Wildman–Crippen MR) is 102 cm³/mol. The molecule has 8 heteroatoms. The second kappa shape index (κ2) is 6.23. The highest BCUT2D eigenvalue weighted by Gasteiger charge is 2.12.